The Balaban J connectivity index is 1.52. The molecule has 0 aliphatic carbocycles. The first-order chi connectivity index (χ1) is 13.5. The van der Waals surface area contributed by atoms with Crippen molar-refractivity contribution in [2.24, 2.45) is 0 Å². The Morgan fingerprint density at radius 3 is 2.96 bits per heavy atom. The highest BCUT2D eigenvalue weighted by molar-refractivity contribution is 5.92. The van der Waals surface area contributed by atoms with Gasteiger partial charge in [0, 0.05) is 35.3 Å². The number of nitrogens with zero attached hydrogens (tertiary/aromatic N) is 1. The van der Waals surface area contributed by atoms with Crippen LogP contribution in [0.1, 0.15) is 41.3 Å². The first kappa shape index (κ1) is 18.3. The molecular formula is C21H24N4O3. The number of aliphatic hydroxyl groups is 1. The molecule has 0 bridgehead atoms. The Morgan fingerprint density at radius 2 is 2.21 bits per heavy atom. The molecule has 1 aliphatic heterocycles. The summed E-state index contributed by atoms with van der Waals surface area (Å²) >= 11 is 0. The maximum Gasteiger partial charge on any atom is 0.287 e. The number of hydrogen-bond donors (Lipinski definition) is 4. The first-order valence-electron chi connectivity index (χ1n) is 9.49. The van der Waals surface area contributed by atoms with Crippen molar-refractivity contribution in [2.45, 2.75) is 32.3 Å². The van der Waals surface area contributed by atoms with Gasteiger partial charge >= 0.3 is 0 Å². The fourth-order valence-electron chi connectivity index (χ4n) is 3.54. The molecule has 7 nitrogen and oxygen atoms in total. The summed E-state index contributed by atoms with van der Waals surface area (Å²) in [7, 11) is 0. The zero-order valence-electron chi connectivity index (χ0n) is 15.8. The van der Waals surface area contributed by atoms with Gasteiger partial charge in [-0.05, 0) is 44.4 Å². The maximum atomic E-state index is 12.5. The number of aromatic amines is 2. The Hall–Kier alpha value is -3.06. The molecule has 4 rings (SSSR count). The molecule has 1 aliphatic rings. The molecule has 146 valence electrons. The van der Waals surface area contributed by atoms with Crippen LogP contribution in [0.15, 0.2) is 30.8 Å². The molecule has 3 heterocycles. The van der Waals surface area contributed by atoms with Crippen LogP contribution in [0.25, 0.3) is 27.9 Å². The number of hydrogen-bond acceptors (Lipinski definition) is 4. The minimum atomic E-state index is -0.231. The third kappa shape index (κ3) is 3.66. The van der Waals surface area contributed by atoms with Gasteiger partial charge < -0.3 is 25.1 Å². The van der Waals surface area contributed by atoms with Gasteiger partial charge in [0.25, 0.3) is 5.91 Å². The van der Waals surface area contributed by atoms with Crippen molar-refractivity contribution in [2.75, 3.05) is 13.2 Å². The first-order valence-corrected chi connectivity index (χ1v) is 9.49. The normalized spacial score (nSPS) is 17.0. The minimum Gasteiger partial charge on any atom is -0.506 e. The van der Waals surface area contributed by atoms with Gasteiger partial charge in [0.05, 0.1) is 17.5 Å². The van der Waals surface area contributed by atoms with Crippen molar-refractivity contribution in [3.8, 4) is 11.3 Å². The van der Waals surface area contributed by atoms with Crippen LogP contribution >= 0.6 is 0 Å². The van der Waals surface area contributed by atoms with Gasteiger partial charge in [-0.3, -0.25) is 4.79 Å². The second-order valence-corrected chi connectivity index (χ2v) is 7.19. The number of carbonyl (C=O) groups is 1. The molecule has 1 aromatic carbocycles. The zero-order valence-corrected chi connectivity index (χ0v) is 15.8. The molecule has 1 amide bonds. The van der Waals surface area contributed by atoms with Crippen LogP contribution in [0.2, 0.25) is 0 Å². The van der Waals surface area contributed by atoms with Crippen molar-refractivity contribution in [1.82, 2.24) is 20.3 Å². The highest BCUT2D eigenvalue weighted by atomic mass is 16.5. The van der Waals surface area contributed by atoms with E-state index in [0.717, 1.165) is 53.7 Å². The van der Waals surface area contributed by atoms with E-state index in [2.05, 4.69) is 26.8 Å². The van der Waals surface area contributed by atoms with Crippen LogP contribution < -0.4 is 5.32 Å². The minimum absolute atomic E-state index is 0.00500. The number of aryl methyl sites for hydroxylation is 1. The molecule has 4 N–H and O–H groups in total. The van der Waals surface area contributed by atoms with Gasteiger partial charge in [-0.1, -0.05) is 12.6 Å². The van der Waals surface area contributed by atoms with Crippen LogP contribution in [0.5, 0.6) is 0 Å². The van der Waals surface area contributed by atoms with E-state index in [4.69, 9.17) is 4.74 Å². The molecular weight excluding hydrogens is 356 g/mol. The lowest BCUT2D eigenvalue weighted by Gasteiger charge is -2.22. The Labute approximate surface area is 162 Å². The molecule has 0 saturated carbocycles. The quantitative estimate of drug-likeness (QED) is 0.507. The summed E-state index contributed by atoms with van der Waals surface area (Å²) in [6, 6.07) is 7.66. The second-order valence-electron chi connectivity index (χ2n) is 7.19. The number of carbonyl (C=O) groups excluding carboxylic acids is 1. The highest BCUT2D eigenvalue weighted by Gasteiger charge is 2.18. The largest absolute Gasteiger partial charge is 0.506 e. The lowest BCUT2D eigenvalue weighted by atomic mass is 10.1. The van der Waals surface area contributed by atoms with E-state index in [9.17, 15) is 9.90 Å². The Morgan fingerprint density at radius 1 is 1.36 bits per heavy atom. The van der Waals surface area contributed by atoms with E-state index in [1.54, 1.807) is 0 Å². The van der Waals surface area contributed by atoms with Gasteiger partial charge in [-0.15, -0.1) is 0 Å². The van der Waals surface area contributed by atoms with Crippen molar-refractivity contribution in [3.05, 3.63) is 48.1 Å². The fourth-order valence-corrected chi connectivity index (χ4v) is 3.54. The van der Waals surface area contributed by atoms with E-state index in [1.165, 1.54) is 0 Å². The van der Waals surface area contributed by atoms with Crippen LogP contribution in [0, 0.1) is 6.92 Å². The van der Waals surface area contributed by atoms with Gasteiger partial charge in [-0.25, -0.2) is 4.98 Å². The third-order valence-corrected chi connectivity index (χ3v) is 5.07. The number of benzene rings is 1. The van der Waals surface area contributed by atoms with Crippen molar-refractivity contribution in [1.29, 1.82) is 0 Å². The molecule has 2 aromatic heterocycles. The zero-order chi connectivity index (χ0) is 19.7. The SMILES string of the molecule is C=C(O)c1cc2cc(-c3nc(C(=O)NCC4CCCCO4)[nH]c3C)ccc2[nH]1. The van der Waals surface area contributed by atoms with E-state index in [1.807, 2.05) is 31.2 Å². The molecule has 7 heteroatoms. The number of amides is 1. The standard InChI is InChI=1S/C21H24N4O3/c1-12-19(14-6-7-17-15(9-14)10-18(24-17)13(2)26)25-20(23-12)21(27)22-11-16-5-3-4-8-28-16/h6-7,9-10,16,24,26H,2-5,8,11H2,1H3,(H,22,27)(H,23,25). The fraction of sp³-hybridized carbons (Fsp3) is 0.333. The summed E-state index contributed by atoms with van der Waals surface area (Å²) < 4.78 is 5.65. The third-order valence-electron chi connectivity index (χ3n) is 5.07. The van der Waals surface area contributed by atoms with E-state index < -0.39 is 0 Å². The van der Waals surface area contributed by atoms with E-state index in [0.29, 0.717) is 18.1 Å². The van der Waals surface area contributed by atoms with E-state index in [-0.39, 0.29) is 17.8 Å². The molecule has 1 saturated heterocycles. The average Bonchev–Trinajstić information content (AvgIpc) is 3.30. The van der Waals surface area contributed by atoms with Crippen molar-refractivity contribution in [3.63, 3.8) is 0 Å². The van der Waals surface area contributed by atoms with Crippen molar-refractivity contribution >= 4 is 22.6 Å². The summed E-state index contributed by atoms with van der Waals surface area (Å²) in [5.41, 5.74) is 3.92. The summed E-state index contributed by atoms with van der Waals surface area (Å²) in [4.78, 5) is 23.2. The summed E-state index contributed by atoms with van der Waals surface area (Å²) in [6.45, 7) is 6.70. The highest BCUT2D eigenvalue weighted by Crippen LogP contribution is 2.27. The van der Waals surface area contributed by atoms with Crippen molar-refractivity contribution < 1.29 is 14.6 Å². The summed E-state index contributed by atoms with van der Waals surface area (Å²) in [5, 5.41) is 13.4. The van der Waals surface area contributed by atoms with Gasteiger partial charge in [0.2, 0.25) is 0 Å². The van der Waals surface area contributed by atoms with Gasteiger partial charge in [-0.2, -0.15) is 0 Å². The molecule has 1 unspecified atom stereocenters. The number of rotatable bonds is 5. The molecule has 0 spiro atoms. The Kier molecular flexibility index (Phi) is 4.92. The molecule has 28 heavy (non-hydrogen) atoms. The smallest absolute Gasteiger partial charge is 0.287 e. The number of fused-ring (bicyclic) bond motifs is 1. The monoisotopic (exact) mass is 380 g/mol. The lowest BCUT2D eigenvalue weighted by molar-refractivity contribution is 0.0168. The number of H-pyrrole nitrogens is 2. The van der Waals surface area contributed by atoms with Crippen LogP contribution in [0.3, 0.4) is 0 Å². The number of imidazole rings is 1. The number of aromatic nitrogens is 3. The predicted molar refractivity (Wildman–Crippen MR) is 108 cm³/mol. The van der Waals surface area contributed by atoms with Crippen LogP contribution in [0.4, 0.5) is 0 Å². The molecule has 1 atom stereocenters. The molecule has 1 fully saturated rings. The predicted octanol–water partition coefficient (Wildman–Crippen LogP) is 3.69. The number of aliphatic hydroxyl groups excluding tert-OH is 1. The molecule has 3 aromatic rings. The van der Waals surface area contributed by atoms with Gasteiger partial charge in [0.15, 0.2) is 5.82 Å². The second kappa shape index (κ2) is 7.52. The maximum absolute atomic E-state index is 12.5. The summed E-state index contributed by atoms with van der Waals surface area (Å²) in [6.07, 6.45) is 3.28. The van der Waals surface area contributed by atoms with Crippen LogP contribution in [-0.4, -0.2) is 45.2 Å². The van der Waals surface area contributed by atoms with Crippen LogP contribution in [-0.2, 0) is 4.74 Å². The van der Waals surface area contributed by atoms with E-state index >= 15 is 0 Å². The Bertz CT molecular complexity index is 1030. The topological polar surface area (TPSA) is 103 Å². The molecule has 0 radical (unpaired) electrons. The van der Waals surface area contributed by atoms with Gasteiger partial charge in [0.1, 0.15) is 5.76 Å². The average molecular weight is 380 g/mol. The number of nitrogens with one attached hydrogen (secondary N) is 3. The lowest BCUT2D eigenvalue weighted by Crippen LogP contribution is -2.35. The summed E-state index contributed by atoms with van der Waals surface area (Å²) in [5.74, 6) is 0.0571. The number of ether oxygens (including phenoxy) is 1.